The SMILES string of the molecule is CCNCc1cc(S(=O)(=O)NCC2COCCO2)c(Br)o1. The maximum Gasteiger partial charge on any atom is 0.245 e. The van der Waals surface area contributed by atoms with Crippen LogP contribution in [-0.2, 0) is 26.0 Å². The fraction of sp³-hybridized carbons (Fsp3) is 0.667. The average Bonchev–Trinajstić information content (AvgIpc) is 2.86. The molecule has 7 nitrogen and oxygen atoms in total. The van der Waals surface area contributed by atoms with Crippen LogP contribution >= 0.6 is 15.9 Å². The summed E-state index contributed by atoms with van der Waals surface area (Å²) in [6, 6.07) is 1.51. The van der Waals surface area contributed by atoms with Crippen molar-refractivity contribution in [2.45, 2.75) is 24.5 Å². The summed E-state index contributed by atoms with van der Waals surface area (Å²) >= 11 is 3.14. The van der Waals surface area contributed by atoms with E-state index in [1.54, 1.807) is 0 Å². The van der Waals surface area contributed by atoms with Gasteiger partial charge in [-0.15, -0.1) is 0 Å². The summed E-state index contributed by atoms with van der Waals surface area (Å²) in [6.45, 7) is 4.80. The lowest BCUT2D eigenvalue weighted by atomic mass is 10.3. The van der Waals surface area contributed by atoms with Crippen molar-refractivity contribution < 1.29 is 22.3 Å². The summed E-state index contributed by atoms with van der Waals surface area (Å²) in [5.74, 6) is 0.557. The number of rotatable bonds is 7. The van der Waals surface area contributed by atoms with Crippen molar-refractivity contribution in [2.24, 2.45) is 0 Å². The number of nitrogens with one attached hydrogen (secondary N) is 2. The Bertz CT molecular complexity index is 554. The highest BCUT2D eigenvalue weighted by Crippen LogP contribution is 2.26. The summed E-state index contributed by atoms with van der Waals surface area (Å²) in [6.07, 6.45) is -0.263. The molecule has 1 aromatic heterocycles. The zero-order valence-electron chi connectivity index (χ0n) is 11.7. The van der Waals surface area contributed by atoms with E-state index in [9.17, 15) is 8.42 Å². The Hall–Kier alpha value is -0.450. The molecule has 2 N–H and O–H groups in total. The minimum Gasteiger partial charge on any atom is -0.452 e. The first-order valence-electron chi connectivity index (χ1n) is 6.71. The van der Waals surface area contributed by atoms with E-state index in [1.807, 2.05) is 6.92 Å². The molecule has 120 valence electrons. The van der Waals surface area contributed by atoms with Crippen LogP contribution in [0.25, 0.3) is 0 Å². The molecule has 1 unspecified atom stereocenters. The Morgan fingerprint density at radius 2 is 2.24 bits per heavy atom. The van der Waals surface area contributed by atoms with Crippen LogP contribution in [0.15, 0.2) is 20.0 Å². The molecular weight excluding hydrogens is 364 g/mol. The van der Waals surface area contributed by atoms with Gasteiger partial charge in [0.25, 0.3) is 0 Å². The van der Waals surface area contributed by atoms with Crippen molar-refractivity contribution in [3.05, 3.63) is 16.5 Å². The van der Waals surface area contributed by atoms with Crippen LogP contribution < -0.4 is 10.0 Å². The first-order chi connectivity index (χ1) is 10.0. The van der Waals surface area contributed by atoms with Gasteiger partial charge < -0.3 is 19.2 Å². The van der Waals surface area contributed by atoms with Gasteiger partial charge in [-0.1, -0.05) is 6.92 Å². The molecule has 0 aliphatic carbocycles. The molecule has 0 saturated carbocycles. The second-order valence-corrected chi connectivity index (χ2v) is 7.01. The van der Waals surface area contributed by atoms with E-state index in [2.05, 4.69) is 26.0 Å². The van der Waals surface area contributed by atoms with Gasteiger partial charge in [-0.3, -0.25) is 0 Å². The molecule has 0 aromatic carbocycles. The molecule has 0 amide bonds. The second kappa shape index (κ2) is 7.70. The summed E-state index contributed by atoms with van der Waals surface area (Å²) in [5, 5.41) is 3.07. The molecule has 2 rings (SSSR count). The highest BCUT2D eigenvalue weighted by Gasteiger charge is 2.24. The summed E-state index contributed by atoms with van der Waals surface area (Å²) in [7, 11) is -3.65. The highest BCUT2D eigenvalue weighted by molar-refractivity contribution is 9.10. The highest BCUT2D eigenvalue weighted by atomic mass is 79.9. The van der Waals surface area contributed by atoms with Crippen LogP contribution in [0.5, 0.6) is 0 Å². The van der Waals surface area contributed by atoms with Crippen molar-refractivity contribution in [3.8, 4) is 0 Å². The number of hydrogen-bond acceptors (Lipinski definition) is 6. The number of furan rings is 1. The van der Waals surface area contributed by atoms with E-state index >= 15 is 0 Å². The normalized spacial score (nSPS) is 19.8. The maximum absolute atomic E-state index is 12.3. The molecule has 1 atom stereocenters. The fourth-order valence-corrected chi connectivity index (χ4v) is 3.91. The van der Waals surface area contributed by atoms with Gasteiger partial charge in [0.15, 0.2) is 4.67 Å². The summed E-state index contributed by atoms with van der Waals surface area (Å²) in [4.78, 5) is 0.0899. The van der Waals surface area contributed by atoms with Gasteiger partial charge in [-0.2, -0.15) is 0 Å². The van der Waals surface area contributed by atoms with Gasteiger partial charge >= 0.3 is 0 Å². The monoisotopic (exact) mass is 382 g/mol. The average molecular weight is 383 g/mol. The summed E-state index contributed by atoms with van der Waals surface area (Å²) in [5.41, 5.74) is 0. The zero-order valence-corrected chi connectivity index (χ0v) is 14.1. The molecule has 1 aromatic rings. The third-order valence-electron chi connectivity index (χ3n) is 2.93. The minimum atomic E-state index is -3.65. The third-order valence-corrected chi connectivity index (χ3v) is 5.21. The Labute approximate surface area is 132 Å². The fourth-order valence-electron chi connectivity index (χ4n) is 1.85. The van der Waals surface area contributed by atoms with Crippen molar-refractivity contribution in [2.75, 3.05) is 32.9 Å². The van der Waals surface area contributed by atoms with Gasteiger partial charge in [0, 0.05) is 12.6 Å². The van der Waals surface area contributed by atoms with Gasteiger partial charge in [-0.25, -0.2) is 13.1 Å². The van der Waals surface area contributed by atoms with E-state index in [0.29, 0.717) is 32.1 Å². The smallest absolute Gasteiger partial charge is 0.245 e. The first kappa shape index (κ1) is 16.9. The quantitative estimate of drug-likeness (QED) is 0.726. The van der Waals surface area contributed by atoms with E-state index in [0.717, 1.165) is 6.54 Å². The van der Waals surface area contributed by atoms with E-state index in [1.165, 1.54) is 6.07 Å². The second-order valence-electron chi connectivity index (χ2n) is 4.55. The van der Waals surface area contributed by atoms with E-state index in [4.69, 9.17) is 13.9 Å². The number of halogens is 1. The topological polar surface area (TPSA) is 89.8 Å². The molecule has 1 aliphatic rings. The standard InChI is InChI=1S/C12H19BrN2O5S/c1-2-14-6-9-5-11(12(13)20-9)21(16,17)15-7-10-8-18-3-4-19-10/h5,10,14-15H,2-4,6-8H2,1H3. The molecule has 9 heteroatoms. The predicted octanol–water partition coefficient (Wildman–Crippen LogP) is 0.845. The molecule has 0 bridgehead atoms. The van der Waals surface area contributed by atoms with Crippen LogP contribution in [0.1, 0.15) is 12.7 Å². The van der Waals surface area contributed by atoms with Crippen molar-refractivity contribution >= 4 is 26.0 Å². The Kier molecular flexibility index (Phi) is 6.20. The van der Waals surface area contributed by atoms with Gasteiger partial charge in [0.05, 0.1) is 32.5 Å². The van der Waals surface area contributed by atoms with Crippen LogP contribution in [0.3, 0.4) is 0 Å². The Morgan fingerprint density at radius 3 is 2.90 bits per heavy atom. The van der Waals surface area contributed by atoms with Crippen LogP contribution in [0.2, 0.25) is 0 Å². The van der Waals surface area contributed by atoms with Crippen molar-refractivity contribution in [1.82, 2.24) is 10.0 Å². The van der Waals surface area contributed by atoms with Gasteiger partial charge in [0.1, 0.15) is 10.7 Å². The van der Waals surface area contributed by atoms with Crippen LogP contribution in [0.4, 0.5) is 0 Å². The summed E-state index contributed by atoms with van der Waals surface area (Å²) < 4.78 is 43.2. The van der Waals surface area contributed by atoms with E-state index in [-0.39, 0.29) is 22.2 Å². The van der Waals surface area contributed by atoms with Gasteiger partial charge in [-0.05, 0) is 22.5 Å². The maximum atomic E-state index is 12.3. The van der Waals surface area contributed by atoms with E-state index < -0.39 is 10.0 Å². The molecule has 1 saturated heterocycles. The third kappa shape index (κ3) is 4.76. The predicted molar refractivity (Wildman–Crippen MR) is 79.5 cm³/mol. The molecular formula is C12H19BrN2O5S. The lowest BCUT2D eigenvalue weighted by Gasteiger charge is -2.22. The molecule has 1 aliphatic heterocycles. The Balaban J connectivity index is 1.99. The molecule has 0 spiro atoms. The molecule has 21 heavy (non-hydrogen) atoms. The molecule has 2 heterocycles. The molecule has 0 radical (unpaired) electrons. The molecule has 1 fully saturated rings. The largest absolute Gasteiger partial charge is 0.452 e. The lowest BCUT2D eigenvalue weighted by molar-refractivity contribution is -0.0846. The number of ether oxygens (including phenoxy) is 2. The van der Waals surface area contributed by atoms with Crippen molar-refractivity contribution in [3.63, 3.8) is 0 Å². The first-order valence-corrected chi connectivity index (χ1v) is 8.98. The zero-order chi connectivity index (χ0) is 15.3. The Morgan fingerprint density at radius 1 is 1.43 bits per heavy atom. The van der Waals surface area contributed by atoms with Crippen LogP contribution in [0, 0.1) is 0 Å². The number of sulfonamides is 1. The van der Waals surface area contributed by atoms with Crippen LogP contribution in [-0.4, -0.2) is 47.4 Å². The lowest BCUT2D eigenvalue weighted by Crippen LogP contribution is -2.39. The van der Waals surface area contributed by atoms with Crippen molar-refractivity contribution in [1.29, 1.82) is 0 Å². The van der Waals surface area contributed by atoms with Gasteiger partial charge in [0.2, 0.25) is 10.0 Å². The number of hydrogen-bond donors (Lipinski definition) is 2. The minimum absolute atomic E-state index is 0.0899.